The van der Waals surface area contributed by atoms with Gasteiger partial charge in [0.05, 0.1) is 4.92 Å². The van der Waals surface area contributed by atoms with Crippen LogP contribution in [0.1, 0.15) is 0 Å². The Balaban J connectivity index is 3.60. The van der Waals surface area contributed by atoms with Crippen molar-refractivity contribution in [2.45, 2.75) is 11.4 Å². The summed E-state index contributed by atoms with van der Waals surface area (Å²) >= 11 is 1.14. The largest absolute Gasteiger partial charge is 0.573 e. The maximum Gasteiger partial charge on any atom is 0.573 e. The third-order valence-electron chi connectivity index (χ3n) is 1.61. The first-order valence-corrected chi connectivity index (χ1v) is 6.67. The monoisotopic (exact) mass is 413 g/mol. The van der Waals surface area contributed by atoms with E-state index in [9.17, 15) is 31.7 Å². The van der Waals surface area contributed by atoms with E-state index in [1.165, 1.54) is 0 Å². The number of primary sulfonamides is 1. The number of hydrogen-bond donors (Lipinski definition) is 1. The Morgan fingerprint density at radius 2 is 2.00 bits per heavy atom. The average molecular weight is 413 g/mol. The van der Waals surface area contributed by atoms with Crippen LogP contribution in [-0.2, 0) is 10.0 Å². The molecule has 0 radical (unpaired) electrons. The Bertz CT molecular complexity index is 632. The summed E-state index contributed by atoms with van der Waals surface area (Å²) in [7, 11) is -4.63. The molecule has 0 fully saturated rings. The molecule has 0 saturated heterocycles. The zero-order valence-electron chi connectivity index (χ0n) is 8.51. The van der Waals surface area contributed by atoms with E-state index in [1.807, 2.05) is 0 Å². The molecule has 0 spiro atoms. The number of nitro groups is 1. The van der Waals surface area contributed by atoms with Crippen molar-refractivity contribution in [2.75, 3.05) is 0 Å². The van der Waals surface area contributed by atoms with Crippen LogP contribution in [0.2, 0.25) is 0 Å². The van der Waals surface area contributed by atoms with Gasteiger partial charge in [-0.25, -0.2) is 18.5 Å². The van der Waals surface area contributed by atoms with Gasteiger partial charge in [-0.2, -0.15) is 0 Å². The fourth-order valence-electron chi connectivity index (χ4n) is 0.979. The summed E-state index contributed by atoms with van der Waals surface area (Å²) in [4.78, 5) is 12.5. The molecule has 1 rings (SSSR count). The lowest BCUT2D eigenvalue weighted by atomic mass is 10.4. The van der Waals surface area contributed by atoms with E-state index in [0.29, 0.717) is 6.20 Å². The molecule has 0 amide bonds. The highest BCUT2D eigenvalue weighted by molar-refractivity contribution is 14.1. The number of alkyl halides is 3. The van der Waals surface area contributed by atoms with E-state index in [0.717, 1.165) is 22.6 Å². The van der Waals surface area contributed by atoms with Gasteiger partial charge in [0, 0.05) is 0 Å². The number of aromatic nitrogens is 1. The van der Waals surface area contributed by atoms with Gasteiger partial charge in [0.15, 0.2) is 5.75 Å². The molecule has 0 atom stereocenters. The highest BCUT2D eigenvalue weighted by atomic mass is 127. The Labute approximate surface area is 117 Å². The molecular weight excluding hydrogens is 410 g/mol. The van der Waals surface area contributed by atoms with Crippen LogP contribution in [0.5, 0.6) is 5.75 Å². The van der Waals surface area contributed by atoms with Gasteiger partial charge in [-0.1, -0.05) is 0 Å². The highest BCUT2D eigenvalue weighted by Crippen LogP contribution is 2.36. The molecule has 0 saturated carbocycles. The standard InChI is InChI=1S/C6H3F3IN3O5S/c7-6(8,9)18-4-3(10)2(13(14)15)1-12-5(4)19(11,16)17/h1H,(H2,11,16,17). The number of halogens is 4. The lowest BCUT2D eigenvalue weighted by Crippen LogP contribution is -2.23. The Morgan fingerprint density at radius 1 is 1.47 bits per heavy atom. The summed E-state index contributed by atoms with van der Waals surface area (Å²) in [6.45, 7) is 0. The summed E-state index contributed by atoms with van der Waals surface area (Å²) in [6, 6.07) is 0. The second kappa shape index (κ2) is 5.04. The fraction of sp³-hybridized carbons (Fsp3) is 0.167. The predicted octanol–water partition coefficient (Wildman–Crippen LogP) is 1.14. The molecule has 1 aromatic rings. The molecule has 0 aliphatic carbocycles. The van der Waals surface area contributed by atoms with Crippen molar-refractivity contribution in [3.8, 4) is 5.75 Å². The molecule has 2 N–H and O–H groups in total. The molecule has 1 aromatic heterocycles. The van der Waals surface area contributed by atoms with Gasteiger partial charge in [-0.05, 0) is 22.6 Å². The fourth-order valence-corrected chi connectivity index (χ4v) is 2.47. The molecule has 0 aliphatic rings. The summed E-state index contributed by atoms with van der Waals surface area (Å²) in [5.41, 5.74) is -0.841. The van der Waals surface area contributed by atoms with Gasteiger partial charge >= 0.3 is 12.0 Å². The first kappa shape index (κ1) is 15.8. The van der Waals surface area contributed by atoms with E-state index in [-0.39, 0.29) is 0 Å². The highest BCUT2D eigenvalue weighted by Gasteiger charge is 2.37. The number of pyridine rings is 1. The van der Waals surface area contributed by atoms with Gasteiger partial charge in [-0.15, -0.1) is 13.2 Å². The lowest BCUT2D eigenvalue weighted by Gasteiger charge is -2.12. The van der Waals surface area contributed by atoms with Crippen LogP contribution in [0.25, 0.3) is 0 Å². The minimum absolute atomic E-state index is 0.477. The molecule has 106 valence electrons. The van der Waals surface area contributed by atoms with E-state index < -0.39 is 41.3 Å². The third-order valence-corrected chi connectivity index (χ3v) is 3.48. The number of sulfonamides is 1. The van der Waals surface area contributed by atoms with E-state index in [2.05, 4.69) is 14.9 Å². The summed E-state index contributed by atoms with van der Waals surface area (Å²) in [5.74, 6) is -1.33. The van der Waals surface area contributed by atoms with Crippen LogP contribution < -0.4 is 9.88 Å². The molecule has 13 heteroatoms. The summed E-state index contributed by atoms with van der Waals surface area (Å²) in [5, 5.41) is 14.0. The maximum atomic E-state index is 12.2. The third kappa shape index (κ3) is 3.87. The SMILES string of the molecule is NS(=O)(=O)c1ncc([N+](=O)[O-])c(I)c1OC(F)(F)F. The van der Waals surface area contributed by atoms with Crippen LogP contribution >= 0.6 is 22.6 Å². The number of rotatable bonds is 3. The van der Waals surface area contributed by atoms with Crippen LogP contribution in [0.15, 0.2) is 11.2 Å². The first-order valence-electron chi connectivity index (χ1n) is 4.05. The van der Waals surface area contributed by atoms with Gasteiger partial charge < -0.3 is 4.74 Å². The second-order valence-corrected chi connectivity index (χ2v) is 5.50. The van der Waals surface area contributed by atoms with Crippen LogP contribution in [-0.4, -0.2) is 24.7 Å². The Kier molecular flexibility index (Phi) is 4.20. The maximum absolute atomic E-state index is 12.2. The second-order valence-electron chi connectivity index (χ2n) is 2.94. The Morgan fingerprint density at radius 3 is 2.37 bits per heavy atom. The number of hydrogen-bond acceptors (Lipinski definition) is 6. The van der Waals surface area contributed by atoms with Crippen molar-refractivity contribution in [2.24, 2.45) is 5.14 Å². The zero-order valence-corrected chi connectivity index (χ0v) is 11.5. The molecule has 1 heterocycles. The topological polar surface area (TPSA) is 125 Å². The first-order chi connectivity index (χ1) is 8.43. The molecular formula is C6H3F3IN3O5S. The smallest absolute Gasteiger partial charge is 0.401 e. The van der Waals surface area contributed by atoms with Crippen molar-refractivity contribution in [1.82, 2.24) is 4.98 Å². The molecule has 0 unspecified atom stereocenters. The molecule has 0 bridgehead atoms. The van der Waals surface area contributed by atoms with Crippen LogP contribution in [0.3, 0.4) is 0 Å². The molecule has 8 nitrogen and oxygen atoms in total. The predicted molar refractivity (Wildman–Crippen MR) is 61.7 cm³/mol. The van der Waals surface area contributed by atoms with Crippen LogP contribution in [0.4, 0.5) is 18.9 Å². The Hall–Kier alpha value is -1.22. The average Bonchev–Trinajstić information content (AvgIpc) is 2.16. The number of nitrogens with two attached hydrogens (primary N) is 1. The van der Waals surface area contributed by atoms with Gasteiger partial charge in [-0.3, -0.25) is 10.1 Å². The summed E-state index contributed by atoms with van der Waals surface area (Å²) in [6.07, 6.45) is -4.78. The molecule has 0 aromatic carbocycles. The van der Waals surface area contributed by atoms with Crippen molar-refractivity contribution < 1.29 is 31.2 Å². The van der Waals surface area contributed by atoms with Gasteiger partial charge in [0.25, 0.3) is 10.0 Å². The number of nitrogens with zero attached hydrogens (tertiary/aromatic N) is 2. The van der Waals surface area contributed by atoms with E-state index >= 15 is 0 Å². The van der Waals surface area contributed by atoms with E-state index in [4.69, 9.17) is 0 Å². The number of ether oxygens (including phenoxy) is 1. The van der Waals surface area contributed by atoms with Crippen LogP contribution in [0, 0.1) is 13.7 Å². The zero-order chi connectivity index (χ0) is 15.0. The van der Waals surface area contributed by atoms with E-state index in [1.54, 1.807) is 0 Å². The minimum atomic E-state index is -5.25. The van der Waals surface area contributed by atoms with Gasteiger partial charge in [0.2, 0.25) is 5.03 Å². The van der Waals surface area contributed by atoms with Gasteiger partial charge in [0.1, 0.15) is 9.77 Å². The van der Waals surface area contributed by atoms with Crippen molar-refractivity contribution >= 4 is 38.3 Å². The summed E-state index contributed by atoms with van der Waals surface area (Å²) < 4.78 is 61.4. The molecule has 19 heavy (non-hydrogen) atoms. The minimum Gasteiger partial charge on any atom is -0.401 e. The normalized spacial score (nSPS) is 12.3. The van der Waals surface area contributed by atoms with Crippen molar-refractivity contribution in [1.29, 1.82) is 0 Å². The van der Waals surface area contributed by atoms with Crippen molar-refractivity contribution in [3.05, 3.63) is 19.9 Å². The molecule has 0 aliphatic heterocycles. The lowest BCUT2D eigenvalue weighted by molar-refractivity contribution is -0.386. The van der Waals surface area contributed by atoms with Crippen molar-refractivity contribution in [3.63, 3.8) is 0 Å². The quantitative estimate of drug-likeness (QED) is 0.450.